The van der Waals surface area contributed by atoms with Crippen molar-refractivity contribution < 1.29 is 9.53 Å². The minimum Gasteiger partial charge on any atom is -0.381 e. The van der Waals surface area contributed by atoms with Gasteiger partial charge in [0.05, 0.1) is 13.0 Å². The summed E-state index contributed by atoms with van der Waals surface area (Å²) in [6, 6.07) is 0.501. The van der Waals surface area contributed by atoms with Crippen LogP contribution in [0.5, 0.6) is 0 Å². The third-order valence-electron chi connectivity index (χ3n) is 4.36. The molecular formula is C15H28N2O2. The van der Waals surface area contributed by atoms with Gasteiger partial charge < -0.3 is 15.0 Å². The zero-order chi connectivity index (χ0) is 13.5. The molecule has 4 heteroatoms. The van der Waals surface area contributed by atoms with Crippen molar-refractivity contribution in [3.05, 3.63) is 0 Å². The van der Waals surface area contributed by atoms with E-state index in [2.05, 4.69) is 17.1 Å². The molecule has 19 heavy (non-hydrogen) atoms. The van der Waals surface area contributed by atoms with Crippen molar-refractivity contribution in [2.45, 2.75) is 51.5 Å². The number of hydrogen-bond donors (Lipinski definition) is 1. The highest BCUT2D eigenvalue weighted by atomic mass is 16.5. The van der Waals surface area contributed by atoms with Gasteiger partial charge in [-0.2, -0.15) is 0 Å². The molecule has 2 saturated heterocycles. The number of piperidine rings is 1. The lowest BCUT2D eigenvalue weighted by atomic mass is 9.88. The average Bonchev–Trinajstić information content (AvgIpc) is 2.94. The topological polar surface area (TPSA) is 41.6 Å². The first-order valence-electron chi connectivity index (χ1n) is 7.91. The molecule has 2 aliphatic rings. The minimum atomic E-state index is 0.303. The number of ether oxygens (including phenoxy) is 1. The van der Waals surface area contributed by atoms with Crippen LogP contribution in [0.3, 0.4) is 0 Å². The predicted octanol–water partition coefficient (Wildman–Crippen LogP) is 1.79. The van der Waals surface area contributed by atoms with Crippen molar-refractivity contribution in [2.24, 2.45) is 5.92 Å². The molecule has 1 atom stereocenters. The number of nitrogens with zero attached hydrogens (tertiary/aromatic N) is 1. The number of likely N-dealkylation sites (tertiary alicyclic amines) is 1. The van der Waals surface area contributed by atoms with Gasteiger partial charge in [-0.05, 0) is 51.1 Å². The molecule has 4 nitrogen and oxygen atoms in total. The molecule has 0 radical (unpaired) electrons. The summed E-state index contributed by atoms with van der Waals surface area (Å²) in [7, 11) is 0. The lowest BCUT2D eigenvalue weighted by Gasteiger charge is -2.34. The molecule has 0 aromatic rings. The largest absolute Gasteiger partial charge is 0.381 e. The van der Waals surface area contributed by atoms with Crippen LogP contribution in [0.1, 0.15) is 45.4 Å². The van der Waals surface area contributed by atoms with Crippen LogP contribution < -0.4 is 5.32 Å². The molecule has 1 unspecified atom stereocenters. The Bertz CT molecular complexity index is 277. The zero-order valence-electron chi connectivity index (χ0n) is 12.2. The van der Waals surface area contributed by atoms with E-state index in [0.717, 1.165) is 32.7 Å². The van der Waals surface area contributed by atoms with Crippen molar-refractivity contribution in [3.63, 3.8) is 0 Å². The van der Waals surface area contributed by atoms with Gasteiger partial charge in [0, 0.05) is 19.2 Å². The van der Waals surface area contributed by atoms with Gasteiger partial charge in [-0.15, -0.1) is 0 Å². The number of hydrogen-bond acceptors (Lipinski definition) is 3. The van der Waals surface area contributed by atoms with Crippen LogP contribution in [0.15, 0.2) is 0 Å². The molecule has 0 aromatic heterocycles. The summed E-state index contributed by atoms with van der Waals surface area (Å²) in [5.74, 6) is 1.02. The SMILES string of the molecule is CCCOCCC(=O)N1CCCC1C1CCNCC1. The van der Waals surface area contributed by atoms with Crippen LogP contribution in [0.25, 0.3) is 0 Å². The summed E-state index contributed by atoms with van der Waals surface area (Å²) >= 11 is 0. The maximum atomic E-state index is 12.3. The Kier molecular flexibility index (Phi) is 6.11. The second-order valence-electron chi connectivity index (χ2n) is 5.75. The maximum absolute atomic E-state index is 12.3. The number of nitrogens with one attached hydrogen (secondary N) is 1. The Morgan fingerprint density at radius 3 is 2.79 bits per heavy atom. The quantitative estimate of drug-likeness (QED) is 0.747. The molecule has 2 aliphatic heterocycles. The number of amides is 1. The van der Waals surface area contributed by atoms with E-state index in [9.17, 15) is 4.79 Å². The summed E-state index contributed by atoms with van der Waals surface area (Å²) in [4.78, 5) is 14.4. The molecule has 0 saturated carbocycles. The highest BCUT2D eigenvalue weighted by Crippen LogP contribution is 2.29. The lowest BCUT2D eigenvalue weighted by Crippen LogP contribution is -2.44. The molecule has 0 spiro atoms. The van der Waals surface area contributed by atoms with Gasteiger partial charge in [-0.1, -0.05) is 6.92 Å². The normalized spacial score (nSPS) is 24.9. The molecule has 2 heterocycles. The summed E-state index contributed by atoms with van der Waals surface area (Å²) in [6.45, 7) is 6.63. The van der Waals surface area contributed by atoms with Crippen molar-refractivity contribution in [2.75, 3.05) is 32.8 Å². The molecule has 1 amide bonds. The predicted molar refractivity (Wildman–Crippen MR) is 76.1 cm³/mol. The van der Waals surface area contributed by atoms with E-state index < -0.39 is 0 Å². The molecular weight excluding hydrogens is 240 g/mol. The van der Waals surface area contributed by atoms with Crippen molar-refractivity contribution in [1.82, 2.24) is 10.2 Å². The number of rotatable bonds is 6. The monoisotopic (exact) mass is 268 g/mol. The van der Waals surface area contributed by atoms with E-state index in [-0.39, 0.29) is 0 Å². The van der Waals surface area contributed by atoms with Crippen LogP contribution in [-0.2, 0) is 9.53 Å². The van der Waals surface area contributed by atoms with Gasteiger partial charge in [-0.25, -0.2) is 0 Å². The maximum Gasteiger partial charge on any atom is 0.225 e. The van der Waals surface area contributed by atoms with Gasteiger partial charge in [0.25, 0.3) is 0 Å². The summed E-state index contributed by atoms with van der Waals surface area (Å²) in [5, 5.41) is 3.41. The highest BCUT2D eigenvalue weighted by Gasteiger charge is 2.34. The second kappa shape index (κ2) is 7.85. The average molecular weight is 268 g/mol. The van der Waals surface area contributed by atoms with Gasteiger partial charge >= 0.3 is 0 Å². The molecule has 0 aromatic carbocycles. The van der Waals surface area contributed by atoms with Gasteiger partial charge in [0.15, 0.2) is 0 Å². The summed E-state index contributed by atoms with van der Waals surface area (Å²) < 4.78 is 5.44. The van der Waals surface area contributed by atoms with E-state index in [0.29, 0.717) is 30.9 Å². The highest BCUT2D eigenvalue weighted by molar-refractivity contribution is 5.77. The van der Waals surface area contributed by atoms with E-state index in [1.54, 1.807) is 0 Å². The Labute approximate surface area is 116 Å². The van der Waals surface area contributed by atoms with Gasteiger partial charge in [-0.3, -0.25) is 4.79 Å². The van der Waals surface area contributed by atoms with Crippen molar-refractivity contribution in [3.8, 4) is 0 Å². The molecule has 110 valence electrons. The second-order valence-corrected chi connectivity index (χ2v) is 5.75. The van der Waals surface area contributed by atoms with E-state index >= 15 is 0 Å². The fourth-order valence-corrected chi connectivity index (χ4v) is 3.37. The third kappa shape index (κ3) is 4.18. The Hall–Kier alpha value is -0.610. The Balaban J connectivity index is 1.78. The zero-order valence-corrected chi connectivity index (χ0v) is 12.2. The smallest absolute Gasteiger partial charge is 0.225 e. The van der Waals surface area contributed by atoms with Crippen LogP contribution in [0, 0.1) is 5.92 Å². The molecule has 2 rings (SSSR count). The van der Waals surface area contributed by atoms with Crippen molar-refractivity contribution >= 4 is 5.91 Å². The first-order valence-corrected chi connectivity index (χ1v) is 7.91. The summed E-state index contributed by atoms with van der Waals surface area (Å²) in [5.41, 5.74) is 0. The van der Waals surface area contributed by atoms with Crippen LogP contribution in [-0.4, -0.2) is 49.7 Å². The van der Waals surface area contributed by atoms with Gasteiger partial charge in [0.2, 0.25) is 5.91 Å². The molecule has 2 fully saturated rings. The summed E-state index contributed by atoms with van der Waals surface area (Å²) in [6.07, 6.45) is 6.40. The fourth-order valence-electron chi connectivity index (χ4n) is 3.37. The fraction of sp³-hybridized carbons (Fsp3) is 0.933. The number of carbonyl (C=O) groups is 1. The van der Waals surface area contributed by atoms with Gasteiger partial charge in [0.1, 0.15) is 0 Å². The minimum absolute atomic E-state index is 0.303. The van der Waals surface area contributed by atoms with Crippen LogP contribution >= 0.6 is 0 Å². The van der Waals surface area contributed by atoms with Crippen LogP contribution in [0.4, 0.5) is 0 Å². The first kappa shape index (κ1) is 14.8. The van der Waals surface area contributed by atoms with Crippen molar-refractivity contribution in [1.29, 1.82) is 0 Å². The van der Waals surface area contributed by atoms with Crippen LogP contribution in [0.2, 0.25) is 0 Å². The Morgan fingerprint density at radius 2 is 2.05 bits per heavy atom. The lowest BCUT2D eigenvalue weighted by molar-refractivity contribution is -0.134. The Morgan fingerprint density at radius 1 is 1.26 bits per heavy atom. The van der Waals surface area contributed by atoms with E-state index in [4.69, 9.17) is 4.74 Å². The first-order chi connectivity index (χ1) is 9.33. The molecule has 1 N–H and O–H groups in total. The van der Waals surface area contributed by atoms with E-state index in [1.807, 2.05) is 0 Å². The number of carbonyl (C=O) groups excluding carboxylic acids is 1. The van der Waals surface area contributed by atoms with E-state index in [1.165, 1.54) is 25.7 Å². The molecule has 0 aliphatic carbocycles. The standard InChI is InChI=1S/C15H28N2O2/c1-2-11-19-12-7-15(18)17-10-3-4-14(17)13-5-8-16-9-6-13/h13-14,16H,2-12H2,1H3. The molecule has 0 bridgehead atoms. The third-order valence-corrected chi connectivity index (χ3v) is 4.36.